The molecule has 0 fully saturated rings. The van der Waals surface area contributed by atoms with Crippen LogP contribution in [-0.2, 0) is 11.2 Å². The Balaban J connectivity index is 2.16. The van der Waals surface area contributed by atoms with Gasteiger partial charge in [-0.1, -0.05) is 23.9 Å². The molecule has 1 heterocycles. The summed E-state index contributed by atoms with van der Waals surface area (Å²) < 4.78 is 0. The first-order chi connectivity index (χ1) is 9.19. The maximum absolute atomic E-state index is 10.6. The highest BCUT2D eigenvalue weighted by atomic mass is 32.2. The predicted octanol–water partition coefficient (Wildman–Crippen LogP) is 2.13. The molecule has 0 atom stereocenters. The molecule has 0 saturated heterocycles. The third kappa shape index (κ3) is 3.53. The minimum absolute atomic E-state index is 0.000462. The number of carboxylic acids is 1. The van der Waals surface area contributed by atoms with Crippen molar-refractivity contribution in [1.29, 1.82) is 5.26 Å². The van der Waals surface area contributed by atoms with Gasteiger partial charge in [0.25, 0.3) is 0 Å². The highest BCUT2D eigenvalue weighted by Crippen LogP contribution is 2.27. The van der Waals surface area contributed by atoms with E-state index < -0.39 is 5.97 Å². The smallest absolute Gasteiger partial charge is 0.307 e. The first-order valence-electron chi connectivity index (χ1n) is 5.39. The number of aliphatic carboxylic acids is 1. The Labute approximate surface area is 113 Å². The Morgan fingerprint density at radius 1 is 1.26 bits per heavy atom. The molecule has 6 heteroatoms. The lowest BCUT2D eigenvalue weighted by Gasteiger charge is -2.03. The van der Waals surface area contributed by atoms with Gasteiger partial charge < -0.3 is 5.11 Å². The molecule has 1 aromatic heterocycles. The van der Waals surface area contributed by atoms with Crippen LogP contribution >= 0.6 is 11.8 Å². The normalized spacial score (nSPS) is 9.84. The second kappa shape index (κ2) is 5.98. The van der Waals surface area contributed by atoms with E-state index in [1.54, 1.807) is 24.3 Å². The summed E-state index contributed by atoms with van der Waals surface area (Å²) in [5.41, 5.74) is 1.01. The quantitative estimate of drug-likeness (QED) is 0.916. The fraction of sp³-hybridized carbons (Fsp3) is 0.0769. The Morgan fingerprint density at radius 3 is 2.58 bits per heavy atom. The maximum atomic E-state index is 10.6. The summed E-state index contributed by atoms with van der Waals surface area (Å²) in [5, 5.41) is 18.1. The van der Waals surface area contributed by atoms with Gasteiger partial charge in [-0.3, -0.25) is 4.79 Å². The van der Waals surface area contributed by atoms with Crippen LogP contribution in [-0.4, -0.2) is 21.0 Å². The molecule has 0 aliphatic rings. The van der Waals surface area contributed by atoms with E-state index in [1.807, 2.05) is 6.07 Å². The SMILES string of the molecule is N#Cc1nccnc1Sc1ccc(CC(=O)O)cc1. The van der Waals surface area contributed by atoms with Gasteiger partial charge in [-0.2, -0.15) is 5.26 Å². The number of hydrogen-bond donors (Lipinski definition) is 1. The van der Waals surface area contributed by atoms with Crippen molar-refractivity contribution < 1.29 is 9.90 Å². The largest absolute Gasteiger partial charge is 0.481 e. The molecule has 2 aromatic rings. The number of nitrogens with zero attached hydrogens (tertiary/aromatic N) is 3. The summed E-state index contributed by atoms with van der Waals surface area (Å²) in [7, 11) is 0. The molecule has 94 valence electrons. The minimum atomic E-state index is -0.860. The molecule has 1 aromatic carbocycles. The van der Waals surface area contributed by atoms with E-state index in [2.05, 4.69) is 9.97 Å². The minimum Gasteiger partial charge on any atom is -0.481 e. The van der Waals surface area contributed by atoms with Crippen LogP contribution in [0.15, 0.2) is 46.6 Å². The first-order valence-corrected chi connectivity index (χ1v) is 6.20. The maximum Gasteiger partial charge on any atom is 0.307 e. The molecule has 2 rings (SSSR count). The number of carbonyl (C=O) groups is 1. The van der Waals surface area contributed by atoms with Crippen LogP contribution in [0.3, 0.4) is 0 Å². The van der Waals surface area contributed by atoms with Crippen molar-refractivity contribution in [2.24, 2.45) is 0 Å². The third-order valence-corrected chi connectivity index (χ3v) is 3.26. The second-order valence-electron chi connectivity index (χ2n) is 3.64. The van der Waals surface area contributed by atoms with Crippen LogP contribution in [0, 0.1) is 11.3 Å². The zero-order valence-electron chi connectivity index (χ0n) is 9.78. The number of hydrogen-bond acceptors (Lipinski definition) is 5. The van der Waals surface area contributed by atoms with Crippen molar-refractivity contribution in [2.45, 2.75) is 16.3 Å². The van der Waals surface area contributed by atoms with E-state index in [-0.39, 0.29) is 12.1 Å². The van der Waals surface area contributed by atoms with Crippen molar-refractivity contribution in [3.05, 3.63) is 47.9 Å². The van der Waals surface area contributed by atoms with E-state index >= 15 is 0 Å². The first kappa shape index (κ1) is 13.1. The Hall–Kier alpha value is -2.39. The monoisotopic (exact) mass is 271 g/mol. The van der Waals surface area contributed by atoms with Gasteiger partial charge in [-0.15, -0.1) is 0 Å². The van der Waals surface area contributed by atoms with Gasteiger partial charge >= 0.3 is 5.97 Å². The standard InChI is InChI=1S/C13H9N3O2S/c14-8-11-13(16-6-5-15-11)19-10-3-1-9(2-4-10)7-12(17)18/h1-6H,7H2,(H,17,18). The van der Waals surface area contributed by atoms with Crippen LogP contribution < -0.4 is 0 Å². The van der Waals surface area contributed by atoms with E-state index in [9.17, 15) is 4.79 Å². The predicted molar refractivity (Wildman–Crippen MR) is 68.7 cm³/mol. The van der Waals surface area contributed by atoms with Crippen molar-refractivity contribution in [3.8, 4) is 6.07 Å². The number of carboxylic acid groups (broad SMARTS) is 1. The second-order valence-corrected chi connectivity index (χ2v) is 4.70. The molecule has 0 aliphatic carbocycles. The summed E-state index contributed by atoms with van der Waals surface area (Å²) in [6.45, 7) is 0. The summed E-state index contributed by atoms with van der Waals surface area (Å²) >= 11 is 1.32. The van der Waals surface area contributed by atoms with Gasteiger partial charge in [0.1, 0.15) is 11.1 Å². The summed E-state index contributed by atoms with van der Waals surface area (Å²) in [5.74, 6) is -0.860. The summed E-state index contributed by atoms with van der Waals surface area (Å²) in [4.78, 5) is 19.5. The van der Waals surface area contributed by atoms with Gasteiger partial charge in [0.05, 0.1) is 6.42 Å². The van der Waals surface area contributed by atoms with Crippen LogP contribution in [0.1, 0.15) is 11.3 Å². The summed E-state index contributed by atoms with van der Waals surface area (Å²) in [6, 6.07) is 9.09. The fourth-order valence-corrected chi connectivity index (χ4v) is 2.24. The Kier molecular flexibility index (Phi) is 4.11. The molecular formula is C13H9N3O2S. The molecule has 0 saturated carbocycles. The van der Waals surface area contributed by atoms with Crippen molar-refractivity contribution in [1.82, 2.24) is 9.97 Å². The molecule has 0 bridgehead atoms. The van der Waals surface area contributed by atoms with Crippen LogP contribution in [0.4, 0.5) is 0 Å². The van der Waals surface area contributed by atoms with Crippen molar-refractivity contribution in [3.63, 3.8) is 0 Å². The molecule has 0 unspecified atom stereocenters. The molecule has 19 heavy (non-hydrogen) atoms. The summed E-state index contributed by atoms with van der Waals surface area (Å²) in [6.07, 6.45) is 3.00. The number of nitriles is 1. The Morgan fingerprint density at radius 2 is 1.95 bits per heavy atom. The molecule has 0 amide bonds. The van der Waals surface area contributed by atoms with Gasteiger partial charge in [0.2, 0.25) is 0 Å². The molecule has 0 aliphatic heterocycles. The third-order valence-electron chi connectivity index (χ3n) is 2.26. The van der Waals surface area contributed by atoms with Crippen molar-refractivity contribution >= 4 is 17.7 Å². The van der Waals surface area contributed by atoms with Gasteiger partial charge in [0.15, 0.2) is 5.69 Å². The topological polar surface area (TPSA) is 86.9 Å². The van der Waals surface area contributed by atoms with E-state index in [1.165, 1.54) is 24.2 Å². The highest BCUT2D eigenvalue weighted by molar-refractivity contribution is 7.99. The van der Waals surface area contributed by atoms with E-state index in [0.29, 0.717) is 5.03 Å². The average Bonchev–Trinajstić information content (AvgIpc) is 2.41. The van der Waals surface area contributed by atoms with Gasteiger partial charge in [0, 0.05) is 17.3 Å². The molecule has 0 spiro atoms. The lowest BCUT2D eigenvalue weighted by molar-refractivity contribution is -0.136. The zero-order chi connectivity index (χ0) is 13.7. The van der Waals surface area contributed by atoms with Crippen molar-refractivity contribution in [2.75, 3.05) is 0 Å². The number of aromatic nitrogens is 2. The van der Waals surface area contributed by atoms with E-state index in [4.69, 9.17) is 10.4 Å². The van der Waals surface area contributed by atoms with Gasteiger partial charge in [-0.25, -0.2) is 9.97 Å². The van der Waals surface area contributed by atoms with Crippen LogP contribution in [0.2, 0.25) is 0 Å². The zero-order valence-corrected chi connectivity index (χ0v) is 10.6. The lowest BCUT2D eigenvalue weighted by atomic mass is 10.2. The van der Waals surface area contributed by atoms with Crippen LogP contribution in [0.25, 0.3) is 0 Å². The fourth-order valence-electron chi connectivity index (χ4n) is 1.44. The molecule has 5 nitrogen and oxygen atoms in total. The number of rotatable bonds is 4. The Bertz CT molecular complexity index is 635. The molecule has 0 radical (unpaired) electrons. The van der Waals surface area contributed by atoms with Crippen LogP contribution in [0.5, 0.6) is 0 Å². The lowest BCUT2D eigenvalue weighted by Crippen LogP contribution is -1.99. The average molecular weight is 271 g/mol. The van der Waals surface area contributed by atoms with Gasteiger partial charge in [-0.05, 0) is 17.7 Å². The molecular weight excluding hydrogens is 262 g/mol. The van der Waals surface area contributed by atoms with E-state index in [0.717, 1.165) is 10.5 Å². The molecule has 1 N–H and O–H groups in total. The highest BCUT2D eigenvalue weighted by Gasteiger charge is 2.07. The number of benzene rings is 1.